The average molecular weight is 521 g/mol. The van der Waals surface area contributed by atoms with Crippen LogP contribution in [0.1, 0.15) is 15.9 Å². The molecular formula is C28H37FO8. The highest BCUT2D eigenvalue weighted by Crippen LogP contribution is 2.16. The number of ether oxygens (including phenoxy) is 7. The summed E-state index contributed by atoms with van der Waals surface area (Å²) in [5.74, 6) is 0.0926. The molecule has 0 fully saturated rings. The van der Waals surface area contributed by atoms with E-state index in [9.17, 15) is 9.18 Å². The minimum absolute atomic E-state index is 0.170. The molecule has 0 radical (unpaired) electrons. The van der Waals surface area contributed by atoms with E-state index in [1.54, 1.807) is 30.3 Å². The molecule has 0 aliphatic heterocycles. The lowest BCUT2D eigenvalue weighted by Gasteiger charge is -2.09. The SMILES string of the molecule is C=CCOCCOCCOCCOCCOCCOCCOc1ccc(C(=O)c2ccc(F)cc2)cc1. The van der Waals surface area contributed by atoms with Crippen molar-refractivity contribution >= 4 is 5.78 Å². The van der Waals surface area contributed by atoms with Crippen molar-refractivity contribution in [2.45, 2.75) is 0 Å². The zero-order valence-corrected chi connectivity index (χ0v) is 21.2. The van der Waals surface area contributed by atoms with E-state index in [1.165, 1.54) is 24.3 Å². The minimum atomic E-state index is -0.375. The number of carbonyl (C=O) groups is 1. The van der Waals surface area contributed by atoms with E-state index in [2.05, 4.69) is 6.58 Å². The van der Waals surface area contributed by atoms with Crippen molar-refractivity contribution in [3.05, 3.63) is 78.1 Å². The third kappa shape index (κ3) is 14.6. The molecule has 0 aliphatic rings. The second kappa shape index (κ2) is 20.4. The summed E-state index contributed by atoms with van der Waals surface area (Å²) in [6, 6.07) is 12.3. The molecule has 0 bridgehead atoms. The van der Waals surface area contributed by atoms with Gasteiger partial charge < -0.3 is 33.2 Å². The van der Waals surface area contributed by atoms with Crippen molar-refractivity contribution in [2.75, 3.05) is 85.9 Å². The van der Waals surface area contributed by atoms with Gasteiger partial charge in [-0.2, -0.15) is 0 Å². The number of halogens is 1. The third-order valence-electron chi connectivity index (χ3n) is 4.82. The first-order valence-electron chi connectivity index (χ1n) is 12.3. The number of hydrogen-bond donors (Lipinski definition) is 0. The molecule has 0 amide bonds. The monoisotopic (exact) mass is 520 g/mol. The number of hydrogen-bond acceptors (Lipinski definition) is 8. The van der Waals surface area contributed by atoms with Crippen molar-refractivity contribution in [3.63, 3.8) is 0 Å². The van der Waals surface area contributed by atoms with E-state index >= 15 is 0 Å². The van der Waals surface area contributed by atoms with Crippen LogP contribution in [0.5, 0.6) is 5.75 Å². The zero-order valence-electron chi connectivity index (χ0n) is 21.2. The first-order chi connectivity index (χ1) is 18.2. The Balaban J connectivity index is 1.35. The summed E-state index contributed by atoms with van der Waals surface area (Å²) in [6.45, 7) is 9.94. The largest absolute Gasteiger partial charge is 0.491 e. The van der Waals surface area contributed by atoms with E-state index in [0.29, 0.717) is 103 Å². The van der Waals surface area contributed by atoms with Gasteiger partial charge in [-0.15, -0.1) is 6.58 Å². The average Bonchev–Trinajstić information content (AvgIpc) is 2.92. The van der Waals surface area contributed by atoms with Crippen molar-refractivity contribution < 1.29 is 42.3 Å². The Hall–Kier alpha value is -2.66. The quantitative estimate of drug-likeness (QED) is 0.125. The third-order valence-corrected chi connectivity index (χ3v) is 4.82. The summed E-state index contributed by atoms with van der Waals surface area (Å²) < 4.78 is 51.0. The molecule has 0 atom stereocenters. The second-order valence-electron chi connectivity index (χ2n) is 7.63. The number of benzene rings is 2. The van der Waals surface area contributed by atoms with Crippen LogP contribution >= 0.6 is 0 Å². The van der Waals surface area contributed by atoms with Crippen LogP contribution in [0.4, 0.5) is 4.39 Å². The van der Waals surface area contributed by atoms with E-state index in [0.717, 1.165) is 0 Å². The van der Waals surface area contributed by atoms with Gasteiger partial charge in [0.05, 0.1) is 79.3 Å². The maximum Gasteiger partial charge on any atom is 0.193 e. The summed E-state index contributed by atoms with van der Waals surface area (Å²) in [5.41, 5.74) is 0.945. The van der Waals surface area contributed by atoms with Crippen LogP contribution in [-0.4, -0.2) is 91.7 Å². The van der Waals surface area contributed by atoms with Crippen molar-refractivity contribution in [1.82, 2.24) is 0 Å². The maximum atomic E-state index is 13.0. The fourth-order valence-electron chi connectivity index (χ4n) is 2.96. The molecule has 2 aromatic carbocycles. The molecule has 204 valence electrons. The van der Waals surface area contributed by atoms with Crippen LogP contribution in [0.2, 0.25) is 0 Å². The van der Waals surface area contributed by atoms with Crippen LogP contribution in [0.25, 0.3) is 0 Å². The Morgan fingerprint density at radius 2 is 0.973 bits per heavy atom. The van der Waals surface area contributed by atoms with Gasteiger partial charge in [0.25, 0.3) is 0 Å². The molecule has 0 unspecified atom stereocenters. The van der Waals surface area contributed by atoms with Gasteiger partial charge in [0, 0.05) is 11.1 Å². The van der Waals surface area contributed by atoms with E-state index in [-0.39, 0.29) is 11.6 Å². The molecule has 0 N–H and O–H groups in total. The van der Waals surface area contributed by atoms with Gasteiger partial charge >= 0.3 is 0 Å². The van der Waals surface area contributed by atoms with Gasteiger partial charge in [0.1, 0.15) is 18.2 Å². The Morgan fingerprint density at radius 3 is 1.41 bits per heavy atom. The first kappa shape index (κ1) is 30.6. The summed E-state index contributed by atoms with van der Waals surface area (Å²) in [7, 11) is 0. The molecule has 2 aromatic rings. The number of carbonyl (C=O) groups excluding carboxylic acids is 1. The zero-order chi connectivity index (χ0) is 26.4. The predicted octanol–water partition coefficient (Wildman–Crippen LogP) is 3.72. The van der Waals surface area contributed by atoms with Gasteiger partial charge in [-0.3, -0.25) is 4.79 Å². The normalized spacial score (nSPS) is 10.9. The highest BCUT2D eigenvalue weighted by molar-refractivity contribution is 6.08. The van der Waals surface area contributed by atoms with Crippen LogP contribution in [-0.2, 0) is 28.4 Å². The van der Waals surface area contributed by atoms with Gasteiger partial charge in [-0.25, -0.2) is 4.39 Å². The molecule has 0 spiro atoms. The number of ketones is 1. The molecule has 0 aliphatic carbocycles. The smallest absolute Gasteiger partial charge is 0.193 e. The molecule has 0 heterocycles. The fraction of sp³-hybridized carbons (Fsp3) is 0.464. The van der Waals surface area contributed by atoms with Gasteiger partial charge in [-0.1, -0.05) is 6.08 Å². The summed E-state index contributed by atoms with van der Waals surface area (Å²) in [4.78, 5) is 12.4. The van der Waals surface area contributed by atoms with Crippen molar-refractivity contribution in [1.29, 1.82) is 0 Å². The predicted molar refractivity (Wildman–Crippen MR) is 137 cm³/mol. The summed E-state index contributed by atoms with van der Waals surface area (Å²) >= 11 is 0. The molecule has 0 aromatic heterocycles. The van der Waals surface area contributed by atoms with E-state index in [1.807, 2.05) is 0 Å². The van der Waals surface area contributed by atoms with Gasteiger partial charge in [-0.05, 0) is 48.5 Å². The molecule has 9 heteroatoms. The Morgan fingerprint density at radius 1 is 0.595 bits per heavy atom. The van der Waals surface area contributed by atoms with Gasteiger partial charge in [0.15, 0.2) is 5.78 Å². The van der Waals surface area contributed by atoms with Gasteiger partial charge in [0.2, 0.25) is 0 Å². The first-order valence-corrected chi connectivity index (χ1v) is 12.3. The molecule has 0 saturated heterocycles. The lowest BCUT2D eigenvalue weighted by molar-refractivity contribution is -0.0168. The standard InChI is InChI=1S/C28H37FO8/c1-2-11-31-12-13-32-14-15-33-16-17-34-18-19-35-20-21-36-22-23-37-27-9-5-25(6-10-27)28(30)24-3-7-26(29)8-4-24/h2-10H,1,11-23H2. The topological polar surface area (TPSA) is 81.7 Å². The molecule has 8 nitrogen and oxygen atoms in total. The fourth-order valence-corrected chi connectivity index (χ4v) is 2.96. The lowest BCUT2D eigenvalue weighted by Crippen LogP contribution is -2.14. The second-order valence-corrected chi connectivity index (χ2v) is 7.63. The Bertz CT molecular complexity index is 857. The molecule has 2 rings (SSSR count). The van der Waals surface area contributed by atoms with E-state index < -0.39 is 0 Å². The molecule has 37 heavy (non-hydrogen) atoms. The minimum Gasteiger partial charge on any atom is -0.491 e. The molecular weight excluding hydrogens is 483 g/mol. The van der Waals surface area contributed by atoms with Crippen molar-refractivity contribution in [3.8, 4) is 5.75 Å². The maximum absolute atomic E-state index is 13.0. The Labute approximate surface area is 218 Å². The van der Waals surface area contributed by atoms with Crippen LogP contribution in [0, 0.1) is 5.82 Å². The number of rotatable bonds is 23. The summed E-state index contributed by atoms with van der Waals surface area (Å²) in [6.07, 6.45) is 1.70. The van der Waals surface area contributed by atoms with Crippen LogP contribution in [0.15, 0.2) is 61.2 Å². The van der Waals surface area contributed by atoms with Crippen LogP contribution in [0.3, 0.4) is 0 Å². The van der Waals surface area contributed by atoms with E-state index in [4.69, 9.17) is 33.2 Å². The van der Waals surface area contributed by atoms with Crippen LogP contribution < -0.4 is 4.74 Å². The molecule has 0 saturated carbocycles. The lowest BCUT2D eigenvalue weighted by atomic mass is 10.0. The summed E-state index contributed by atoms with van der Waals surface area (Å²) in [5, 5.41) is 0. The highest BCUT2D eigenvalue weighted by Gasteiger charge is 2.09. The van der Waals surface area contributed by atoms with Crippen molar-refractivity contribution in [2.24, 2.45) is 0 Å². The highest BCUT2D eigenvalue weighted by atomic mass is 19.1. The Kier molecular flexibility index (Phi) is 16.9.